The summed E-state index contributed by atoms with van der Waals surface area (Å²) in [5, 5.41) is 3.34. The molecule has 1 amide bonds. The molecular formula is C10H20N2O. The van der Waals surface area contributed by atoms with Gasteiger partial charge in [0, 0.05) is 6.42 Å². The van der Waals surface area contributed by atoms with Crippen LogP contribution in [0.15, 0.2) is 0 Å². The minimum Gasteiger partial charge on any atom is -0.370 e. The van der Waals surface area contributed by atoms with Gasteiger partial charge in [-0.15, -0.1) is 0 Å². The fraction of sp³-hybridized carbons (Fsp3) is 0.900. The first-order valence-electron chi connectivity index (χ1n) is 5.17. The zero-order valence-electron chi connectivity index (χ0n) is 8.38. The average molecular weight is 184 g/mol. The van der Waals surface area contributed by atoms with Crippen molar-refractivity contribution in [3.63, 3.8) is 0 Å². The number of rotatable bonds is 4. The van der Waals surface area contributed by atoms with Crippen LogP contribution in [0.5, 0.6) is 0 Å². The molecule has 0 aromatic rings. The van der Waals surface area contributed by atoms with Crippen LogP contribution in [0.4, 0.5) is 0 Å². The van der Waals surface area contributed by atoms with Gasteiger partial charge in [0.25, 0.3) is 0 Å². The number of hydrogen-bond acceptors (Lipinski definition) is 2. The fourth-order valence-electron chi connectivity index (χ4n) is 2.11. The molecule has 3 nitrogen and oxygen atoms in total. The summed E-state index contributed by atoms with van der Waals surface area (Å²) in [6.07, 6.45) is 4.21. The van der Waals surface area contributed by atoms with Crippen molar-refractivity contribution >= 4 is 5.91 Å². The van der Waals surface area contributed by atoms with Gasteiger partial charge < -0.3 is 11.1 Å². The lowest BCUT2D eigenvalue weighted by atomic mass is 9.87. The second-order valence-corrected chi connectivity index (χ2v) is 4.20. The van der Waals surface area contributed by atoms with Crippen LogP contribution in [0.25, 0.3) is 0 Å². The second-order valence-electron chi connectivity index (χ2n) is 4.20. The number of nitrogens with two attached hydrogens (primary N) is 1. The van der Waals surface area contributed by atoms with Crippen LogP contribution in [-0.2, 0) is 4.79 Å². The van der Waals surface area contributed by atoms with E-state index in [9.17, 15) is 4.79 Å². The van der Waals surface area contributed by atoms with Crippen LogP contribution in [0.3, 0.4) is 0 Å². The molecule has 1 unspecified atom stereocenters. The van der Waals surface area contributed by atoms with Gasteiger partial charge in [0.2, 0.25) is 5.91 Å². The highest BCUT2D eigenvalue weighted by molar-refractivity contribution is 5.73. The topological polar surface area (TPSA) is 55.1 Å². The highest BCUT2D eigenvalue weighted by Gasteiger charge is 2.16. The van der Waals surface area contributed by atoms with Crippen molar-refractivity contribution in [2.75, 3.05) is 13.1 Å². The SMILES string of the molecule is CC(CC(N)=O)CC1CCNCC1. The summed E-state index contributed by atoms with van der Waals surface area (Å²) in [6, 6.07) is 0. The molecule has 0 aliphatic carbocycles. The number of primary amides is 1. The van der Waals surface area contributed by atoms with Crippen LogP contribution in [0, 0.1) is 11.8 Å². The van der Waals surface area contributed by atoms with Gasteiger partial charge in [0.1, 0.15) is 0 Å². The summed E-state index contributed by atoms with van der Waals surface area (Å²) in [5.74, 6) is 1.10. The van der Waals surface area contributed by atoms with E-state index in [1.165, 1.54) is 12.8 Å². The normalized spacial score (nSPS) is 21.3. The first-order valence-corrected chi connectivity index (χ1v) is 5.17. The van der Waals surface area contributed by atoms with Crippen molar-refractivity contribution < 1.29 is 4.79 Å². The quantitative estimate of drug-likeness (QED) is 0.681. The Kier molecular flexibility index (Phi) is 4.22. The van der Waals surface area contributed by atoms with Gasteiger partial charge in [-0.1, -0.05) is 6.92 Å². The monoisotopic (exact) mass is 184 g/mol. The molecule has 1 aliphatic heterocycles. The Morgan fingerprint density at radius 1 is 1.54 bits per heavy atom. The molecule has 0 spiro atoms. The highest BCUT2D eigenvalue weighted by atomic mass is 16.1. The summed E-state index contributed by atoms with van der Waals surface area (Å²) in [6.45, 7) is 4.38. The van der Waals surface area contributed by atoms with E-state index in [1.807, 2.05) is 0 Å². The molecule has 1 heterocycles. The van der Waals surface area contributed by atoms with Crippen molar-refractivity contribution in [2.24, 2.45) is 17.6 Å². The van der Waals surface area contributed by atoms with E-state index in [4.69, 9.17) is 5.73 Å². The van der Waals surface area contributed by atoms with E-state index in [0.29, 0.717) is 12.3 Å². The lowest BCUT2D eigenvalue weighted by Crippen LogP contribution is -2.29. The molecule has 1 atom stereocenters. The number of hydrogen-bond donors (Lipinski definition) is 2. The third kappa shape index (κ3) is 4.27. The standard InChI is InChI=1S/C10H20N2O/c1-8(7-10(11)13)6-9-2-4-12-5-3-9/h8-9,12H,2-7H2,1H3,(H2,11,13). The van der Waals surface area contributed by atoms with Gasteiger partial charge in [-0.3, -0.25) is 4.79 Å². The Morgan fingerprint density at radius 3 is 2.69 bits per heavy atom. The maximum Gasteiger partial charge on any atom is 0.217 e. The highest BCUT2D eigenvalue weighted by Crippen LogP contribution is 2.22. The number of nitrogens with one attached hydrogen (secondary N) is 1. The van der Waals surface area contributed by atoms with E-state index in [1.54, 1.807) is 0 Å². The molecule has 0 radical (unpaired) electrons. The summed E-state index contributed by atoms with van der Waals surface area (Å²) in [4.78, 5) is 10.7. The van der Waals surface area contributed by atoms with Crippen molar-refractivity contribution in [3.05, 3.63) is 0 Å². The van der Waals surface area contributed by atoms with Crippen molar-refractivity contribution in [3.8, 4) is 0 Å². The van der Waals surface area contributed by atoms with E-state index in [2.05, 4.69) is 12.2 Å². The molecule has 3 heteroatoms. The zero-order valence-corrected chi connectivity index (χ0v) is 8.38. The molecule has 0 aromatic carbocycles. The maximum atomic E-state index is 10.7. The Labute approximate surface area is 80.1 Å². The van der Waals surface area contributed by atoms with Crippen LogP contribution < -0.4 is 11.1 Å². The van der Waals surface area contributed by atoms with E-state index in [0.717, 1.165) is 25.4 Å². The predicted molar refractivity (Wildman–Crippen MR) is 53.2 cm³/mol. The van der Waals surface area contributed by atoms with Crippen LogP contribution in [-0.4, -0.2) is 19.0 Å². The van der Waals surface area contributed by atoms with Gasteiger partial charge in [-0.2, -0.15) is 0 Å². The van der Waals surface area contributed by atoms with Gasteiger partial charge >= 0.3 is 0 Å². The Hall–Kier alpha value is -0.570. The predicted octanol–water partition coefficient (Wildman–Crippen LogP) is 0.888. The largest absolute Gasteiger partial charge is 0.370 e. The fourth-order valence-corrected chi connectivity index (χ4v) is 2.11. The van der Waals surface area contributed by atoms with Crippen LogP contribution in [0.2, 0.25) is 0 Å². The van der Waals surface area contributed by atoms with Gasteiger partial charge in [-0.05, 0) is 44.2 Å². The average Bonchev–Trinajstić information content (AvgIpc) is 2.04. The van der Waals surface area contributed by atoms with Gasteiger partial charge in [0.05, 0.1) is 0 Å². The minimum atomic E-state index is -0.165. The summed E-state index contributed by atoms with van der Waals surface area (Å²) < 4.78 is 0. The van der Waals surface area contributed by atoms with Gasteiger partial charge in [0.15, 0.2) is 0 Å². The third-order valence-electron chi connectivity index (χ3n) is 2.74. The summed E-state index contributed by atoms with van der Waals surface area (Å²) >= 11 is 0. The Morgan fingerprint density at radius 2 is 2.15 bits per heavy atom. The van der Waals surface area contributed by atoms with Crippen molar-refractivity contribution in [1.29, 1.82) is 0 Å². The molecule has 13 heavy (non-hydrogen) atoms. The summed E-state index contributed by atoms with van der Waals surface area (Å²) in [5.41, 5.74) is 5.15. The van der Waals surface area contributed by atoms with E-state index >= 15 is 0 Å². The summed E-state index contributed by atoms with van der Waals surface area (Å²) in [7, 11) is 0. The van der Waals surface area contributed by atoms with Crippen LogP contribution >= 0.6 is 0 Å². The Bertz CT molecular complexity index is 164. The van der Waals surface area contributed by atoms with Crippen molar-refractivity contribution in [1.82, 2.24) is 5.32 Å². The second kappa shape index (κ2) is 5.22. The molecule has 0 saturated carbocycles. The molecule has 1 saturated heterocycles. The lowest BCUT2D eigenvalue weighted by molar-refractivity contribution is -0.118. The Balaban J connectivity index is 2.18. The number of amides is 1. The molecule has 0 aromatic heterocycles. The van der Waals surface area contributed by atoms with E-state index < -0.39 is 0 Å². The van der Waals surface area contributed by atoms with Crippen LogP contribution in [0.1, 0.15) is 32.6 Å². The zero-order chi connectivity index (χ0) is 9.68. The maximum absolute atomic E-state index is 10.7. The minimum absolute atomic E-state index is 0.165. The number of carbonyl (C=O) groups is 1. The first kappa shape index (κ1) is 10.5. The molecule has 0 bridgehead atoms. The van der Waals surface area contributed by atoms with E-state index in [-0.39, 0.29) is 5.91 Å². The molecule has 1 rings (SSSR count). The number of piperidine rings is 1. The molecule has 1 aliphatic rings. The van der Waals surface area contributed by atoms with Crippen molar-refractivity contribution in [2.45, 2.75) is 32.6 Å². The molecule has 1 fully saturated rings. The molecular weight excluding hydrogens is 164 g/mol. The third-order valence-corrected chi connectivity index (χ3v) is 2.74. The van der Waals surface area contributed by atoms with Gasteiger partial charge in [-0.25, -0.2) is 0 Å². The first-order chi connectivity index (χ1) is 6.18. The molecule has 76 valence electrons. The number of carbonyl (C=O) groups excluding carboxylic acids is 1. The lowest BCUT2D eigenvalue weighted by Gasteiger charge is -2.24. The molecule has 3 N–H and O–H groups in total. The smallest absolute Gasteiger partial charge is 0.217 e.